The number of hydrogen-bond acceptors (Lipinski definition) is 6. The molecule has 0 fully saturated rings. The standard InChI is InChI=1S/C25H26ClN3O5S/c1-3-34-23-14-11-20(15-24(23)33-2)16-27-28-25(30)18-29(17-19-9-12-21(26)13-10-19)35(31,32)22-7-5-4-6-8-22/h4-16H,3,17-18H2,1-2H3,(H,28,30)/b27-16-. The zero-order chi connectivity index (χ0) is 25.3. The monoisotopic (exact) mass is 515 g/mol. The normalized spacial score (nSPS) is 11.5. The van der Waals surface area contributed by atoms with Gasteiger partial charge in [0.25, 0.3) is 5.91 Å². The Morgan fingerprint density at radius 3 is 2.43 bits per heavy atom. The molecular formula is C25H26ClN3O5S. The summed E-state index contributed by atoms with van der Waals surface area (Å²) in [5.74, 6) is 0.540. The molecule has 3 aromatic rings. The van der Waals surface area contributed by atoms with Crippen LogP contribution in [0.15, 0.2) is 82.8 Å². The van der Waals surface area contributed by atoms with Crippen molar-refractivity contribution in [3.05, 3.63) is 88.9 Å². The van der Waals surface area contributed by atoms with E-state index in [0.29, 0.717) is 34.3 Å². The van der Waals surface area contributed by atoms with Gasteiger partial charge in [-0.05, 0) is 60.5 Å². The number of amides is 1. The number of methoxy groups -OCH3 is 1. The van der Waals surface area contributed by atoms with Gasteiger partial charge in [0.05, 0.1) is 31.4 Å². The molecule has 10 heteroatoms. The largest absolute Gasteiger partial charge is 0.493 e. The van der Waals surface area contributed by atoms with Crippen LogP contribution in [0, 0.1) is 0 Å². The molecule has 3 aromatic carbocycles. The van der Waals surface area contributed by atoms with Gasteiger partial charge >= 0.3 is 0 Å². The number of rotatable bonds is 11. The fourth-order valence-corrected chi connectivity index (χ4v) is 4.71. The number of hydrazone groups is 1. The Bertz CT molecular complexity index is 1270. The Hall–Kier alpha value is -3.40. The fraction of sp³-hybridized carbons (Fsp3) is 0.200. The summed E-state index contributed by atoms with van der Waals surface area (Å²) < 4.78 is 38.4. The van der Waals surface area contributed by atoms with Gasteiger partial charge in [-0.1, -0.05) is 41.9 Å². The molecule has 0 unspecified atom stereocenters. The van der Waals surface area contributed by atoms with Gasteiger partial charge in [0.2, 0.25) is 10.0 Å². The number of sulfonamides is 1. The van der Waals surface area contributed by atoms with Crippen molar-refractivity contribution in [2.75, 3.05) is 20.3 Å². The van der Waals surface area contributed by atoms with Crippen molar-refractivity contribution in [1.82, 2.24) is 9.73 Å². The molecule has 0 aliphatic rings. The number of ether oxygens (including phenoxy) is 2. The average molecular weight is 516 g/mol. The summed E-state index contributed by atoms with van der Waals surface area (Å²) in [6.45, 7) is 1.93. The zero-order valence-corrected chi connectivity index (χ0v) is 20.9. The summed E-state index contributed by atoms with van der Waals surface area (Å²) in [5, 5.41) is 4.49. The van der Waals surface area contributed by atoms with Crippen LogP contribution in [0.2, 0.25) is 5.02 Å². The highest BCUT2D eigenvalue weighted by molar-refractivity contribution is 7.89. The van der Waals surface area contributed by atoms with Crippen molar-refractivity contribution >= 4 is 33.7 Å². The molecule has 0 radical (unpaired) electrons. The van der Waals surface area contributed by atoms with Gasteiger partial charge in [-0.25, -0.2) is 13.8 Å². The summed E-state index contributed by atoms with van der Waals surface area (Å²) in [4.78, 5) is 12.7. The summed E-state index contributed by atoms with van der Waals surface area (Å²) >= 11 is 5.94. The lowest BCUT2D eigenvalue weighted by atomic mass is 10.2. The Morgan fingerprint density at radius 2 is 1.77 bits per heavy atom. The molecule has 35 heavy (non-hydrogen) atoms. The van der Waals surface area contributed by atoms with E-state index in [-0.39, 0.29) is 11.4 Å². The summed E-state index contributed by atoms with van der Waals surface area (Å²) in [5.41, 5.74) is 3.74. The molecule has 3 rings (SSSR count). The summed E-state index contributed by atoms with van der Waals surface area (Å²) in [7, 11) is -2.41. The topological polar surface area (TPSA) is 97.3 Å². The SMILES string of the molecule is CCOc1ccc(/C=N\NC(=O)CN(Cc2ccc(Cl)cc2)S(=O)(=O)c2ccccc2)cc1OC. The maximum atomic E-state index is 13.2. The molecule has 0 heterocycles. The highest BCUT2D eigenvalue weighted by Gasteiger charge is 2.26. The first kappa shape index (κ1) is 26.2. The molecular weight excluding hydrogens is 490 g/mol. The van der Waals surface area contributed by atoms with Crippen LogP contribution in [0.5, 0.6) is 11.5 Å². The predicted molar refractivity (Wildman–Crippen MR) is 135 cm³/mol. The van der Waals surface area contributed by atoms with E-state index in [1.54, 1.807) is 60.7 Å². The van der Waals surface area contributed by atoms with Gasteiger partial charge in [-0.2, -0.15) is 9.41 Å². The van der Waals surface area contributed by atoms with E-state index < -0.39 is 22.5 Å². The second-order valence-corrected chi connectivity index (χ2v) is 9.72. The van der Waals surface area contributed by atoms with Gasteiger partial charge in [-0.15, -0.1) is 0 Å². The van der Waals surface area contributed by atoms with Crippen molar-refractivity contribution in [3.63, 3.8) is 0 Å². The van der Waals surface area contributed by atoms with Crippen LogP contribution >= 0.6 is 11.6 Å². The molecule has 1 N–H and O–H groups in total. The highest BCUT2D eigenvalue weighted by Crippen LogP contribution is 2.27. The lowest BCUT2D eigenvalue weighted by molar-refractivity contribution is -0.121. The molecule has 0 spiro atoms. The van der Waals surface area contributed by atoms with E-state index in [1.165, 1.54) is 25.5 Å². The van der Waals surface area contributed by atoms with Crippen molar-refractivity contribution in [2.45, 2.75) is 18.4 Å². The molecule has 184 valence electrons. The van der Waals surface area contributed by atoms with E-state index in [0.717, 1.165) is 4.31 Å². The second kappa shape index (κ2) is 12.3. The van der Waals surface area contributed by atoms with Crippen LogP contribution in [0.25, 0.3) is 0 Å². The van der Waals surface area contributed by atoms with E-state index in [4.69, 9.17) is 21.1 Å². The van der Waals surface area contributed by atoms with E-state index in [9.17, 15) is 13.2 Å². The summed E-state index contributed by atoms with van der Waals surface area (Å²) in [6, 6.07) is 19.9. The minimum absolute atomic E-state index is 0.0123. The average Bonchev–Trinajstić information content (AvgIpc) is 2.86. The van der Waals surface area contributed by atoms with E-state index in [1.807, 2.05) is 6.92 Å². The Labute approximate surface area is 210 Å². The number of carbonyl (C=O) groups is 1. The van der Waals surface area contributed by atoms with Crippen molar-refractivity contribution in [1.29, 1.82) is 0 Å². The van der Waals surface area contributed by atoms with E-state index in [2.05, 4.69) is 10.5 Å². The van der Waals surface area contributed by atoms with Crippen molar-refractivity contribution in [3.8, 4) is 11.5 Å². The quantitative estimate of drug-likeness (QED) is 0.306. The summed E-state index contributed by atoms with van der Waals surface area (Å²) in [6.07, 6.45) is 1.44. The van der Waals surface area contributed by atoms with Gasteiger partial charge in [0, 0.05) is 11.6 Å². The minimum Gasteiger partial charge on any atom is -0.493 e. The third kappa shape index (κ3) is 7.29. The number of nitrogens with zero attached hydrogens (tertiary/aromatic N) is 2. The molecule has 0 atom stereocenters. The molecule has 0 aliphatic heterocycles. The molecule has 0 saturated heterocycles. The van der Waals surface area contributed by atoms with Crippen LogP contribution in [0.3, 0.4) is 0 Å². The third-order valence-corrected chi connectivity index (χ3v) is 6.92. The van der Waals surface area contributed by atoms with Gasteiger partial charge in [-0.3, -0.25) is 4.79 Å². The van der Waals surface area contributed by atoms with Crippen LogP contribution in [-0.2, 0) is 21.4 Å². The molecule has 0 aromatic heterocycles. The minimum atomic E-state index is -3.94. The molecule has 0 bridgehead atoms. The first-order valence-corrected chi connectivity index (χ1v) is 12.6. The smallest absolute Gasteiger partial charge is 0.255 e. The molecule has 8 nitrogen and oxygen atoms in total. The van der Waals surface area contributed by atoms with Gasteiger partial charge in [0.1, 0.15) is 0 Å². The lowest BCUT2D eigenvalue weighted by Gasteiger charge is -2.21. The Balaban J connectivity index is 1.74. The third-order valence-electron chi connectivity index (χ3n) is 4.86. The molecule has 0 aliphatic carbocycles. The van der Waals surface area contributed by atoms with Gasteiger partial charge in [0.15, 0.2) is 11.5 Å². The molecule has 0 saturated carbocycles. The highest BCUT2D eigenvalue weighted by atomic mass is 35.5. The maximum absolute atomic E-state index is 13.2. The van der Waals surface area contributed by atoms with Crippen molar-refractivity contribution < 1.29 is 22.7 Å². The zero-order valence-electron chi connectivity index (χ0n) is 19.3. The first-order chi connectivity index (χ1) is 16.8. The van der Waals surface area contributed by atoms with E-state index >= 15 is 0 Å². The number of benzene rings is 3. The number of hydrogen-bond donors (Lipinski definition) is 1. The number of halogens is 1. The Morgan fingerprint density at radius 1 is 1.06 bits per heavy atom. The number of nitrogens with one attached hydrogen (secondary N) is 1. The fourth-order valence-electron chi connectivity index (χ4n) is 3.17. The second-order valence-electron chi connectivity index (χ2n) is 7.35. The number of carbonyl (C=O) groups excluding carboxylic acids is 1. The van der Waals surface area contributed by atoms with Gasteiger partial charge < -0.3 is 9.47 Å². The lowest BCUT2D eigenvalue weighted by Crippen LogP contribution is -2.39. The van der Waals surface area contributed by atoms with Crippen LogP contribution < -0.4 is 14.9 Å². The first-order valence-electron chi connectivity index (χ1n) is 10.8. The maximum Gasteiger partial charge on any atom is 0.255 e. The van der Waals surface area contributed by atoms with Crippen LogP contribution in [-0.4, -0.2) is 45.1 Å². The van der Waals surface area contributed by atoms with Crippen LogP contribution in [0.1, 0.15) is 18.1 Å². The van der Waals surface area contributed by atoms with Crippen LogP contribution in [0.4, 0.5) is 0 Å². The predicted octanol–water partition coefficient (Wildman–Crippen LogP) is 4.09. The Kier molecular flexibility index (Phi) is 9.25. The van der Waals surface area contributed by atoms with Crippen molar-refractivity contribution in [2.24, 2.45) is 5.10 Å². The molecule has 1 amide bonds.